The molecular formula is C23H30N2. The van der Waals surface area contributed by atoms with Crippen molar-refractivity contribution < 1.29 is 0 Å². The zero-order valence-electron chi connectivity index (χ0n) is 17.4. The van der Waals surface area contributed by atoms with E-state index < -0.39 is 0 Å². The minimum absolute atomic E-state index is 1.16. The lowest BCUT2D eigenvalue weighted by atomic mass is 9.88. The standard InChI is InChI=1S/C23H30N2/c1-11-13(3)17(7)21-19(15(11)5)23(25(9)10)20-16(6)12(2)14(4)18(8)22(20)24-21/h1-10H3. The van der Waals surface area contributed by atoms with Crippen LogP contribution in [0.3, 0.4) is 0 Å². The van der Waals surface area contributed by atoms with Gasteiger partial charge in [0.1, 0.15) is 0 Å². The number of anilines is 1. The van der Waals surface area contributed by atoms with E-state index >= 15 is 0 Å². The van der Waals surface area contributed by atoms with Crippen molar-refractivity contribution in [3.63, 3.8) is 0 Å². The molecule has 2 nitrogen and oxygen atoms in total. The van der Waals surface area contributed by atoms with Gasteiger partial charge in [0.25, 0.3) is 0 Å². The van der Waals surface area contributed by atoms with Gasteiger partial charge < -0.3 is 4.90 Å². The number of aromatic nitrogens is 1. The Labute approximate surface area is 151 Å². The molecule has 0 N–H and O–H groups in total. The maximum atomic E-state index is 5.22. The van der Waals surface area contributed by atoms with Gasteiger partial charge in [0, 0.05) is 24.9 Å². The molecule has 0 aliphatic rings. The quantitative estimate of drug-likeness (QED) is 0.513. The van der Waals surface area contributed by atoms with Crippen LogP contribution in [-0.2, 0) is 0 Å². The molecule has 0 radical (unpaired) electrons. The number of hydrogen-bond donors (Lipinski definition) is 0. The van der Waals surface area contributed by atoms with Crippen molar-refractivity contribution in [2.24, 2.45) is 0 Å². The van der Waals surface area contributed by atoms with Gasteiger partial charge in [-0.05, 0) is 99.9 Å². The first kappa shape index (κ1) is 17.7. The lowest BCUT2D eigenvalue weighted by Gasteiger charge is -2.25. The predicted octanol–water partition coefficient (Wildman–Crippen LogP) is 5.92. The highest BCUT2D eigenvalue weighted by Crippen LogP contribution is 2.42. The van der Waals surface area contributed by atoms with Gasteiger partial charge in [-0.1, -0.05) is 0 Å². The topological polar surface area (TPSA) is 16.1 Å². The summed E-state index contributed by atoms with van der Waals surface area (Å²) in [5.74, 6) is 0. The molecule has 3 aromatic rings. The molecule has 0 amide bonds. The second kappa shape index (κ2) is 5.72. The largest absolute Gasteiger partial charge is 0.377 e. The summed E-state index contributed by atoms with van der Waals surface area (Å²) in [4.78, 5) is 7.49. The molecule has 0 saturated carbocycles. The minimum Gasteiger partial charge on any atom is -0.377 e. The highest BCUT2D eigenvalue weighted by Gasteiger charge is 2.21. The van der Waals surface area contributed by atoms with Crippen molar-refractivity contribution in [3.8, 4) is 0 Å². The van der Waals surface area contributed by atoms with Gasteiger partial charge in [-0.15, -0.1) is 0 Å². The summed E-state index contributed by atoms with van der Waals surface area (Å²) in [7, 11) is 4.31. The van der Waals surface area contributed by atoms with Crippen LogP contribution >= 0.6 is 0 Å². The lowest BCUT2D eigenvalue weighted by molar-refractivity contribution is 1.13. The molecule has 0 unspecified atom stereocenters. The summed E-state index contributed by atoms with van der Waals surface area (Å²) >= 11 is 0. The zero-order valence-corrected chi connectivity index (χ0v) is 17.4. The molecule has 0 fully saturated rings. The molecular weight excluding hydrogens is 304 g/mol. The SMILES string of the molecule is Cc1c(C)c(C)c2c(N(C)C)c3c(C)c(C)c(C)c(C)c3nc2c1C. The van der Waals surface area contributed by atoms with Gasteiger partial charge in [-0.25, -0.2) is 4.98 Å². The molecule has 0 spiro atoms. The average Bonchev–Trinajstić information content (AvgIpc) is 2.59. The first-order valence-electron chi connectivity index (χ1n) is 9.07. The molecule has 2 aromatic carbocycles. The molecule has 25 heavy (non-hydrogen) atoms. The molecule has 3 rings (SSSR count). The van der Waals surface area contributed by atoms with E-state index in [1.165, 1.54) is 61.0 Å². The summed E-state index contributed by atoms with van der Waals surface area (Å²) in [6.07, 6.45) is 0. The van der Waals surface area contributed by atoms with Crippen LogP contribution in [0.2, 0.25) is 0 Å². The summed E-state index contributed by atoms with van der Waals surface area (Å²) < 4.78 is 0. The maximum absolute atomic E-state index is 5.22. The molecule has 0 bridgehead atoms. The molecule has 0 atom stereocenters. The number of nitrogens with zero attached hydrogens (tertiary/aromatic N) is 2. The van der Waals surface area contributed by atoms with Crippen LogP contribution in [0.4, 0.5) is 5.69 Å². The molecule has 2 heteroatoms. The van der Waals surface area contributed by atoms with Gasteiger partial charge >= 0.3 is 0 Å². The highest BCUT2D eigenvalue weighted by atomic mass is 15.1. The smallest absolute Gasteiger partial charge is 0.0765 e. The number of aryl methyl sites for hydroxylation is 4. The number of benzene rings is 2. The van der Waals surface area contributed by atoms with Crippen molar-refractivity contribution >= 4 is 27.5 Å². The Morgan fingerprint density at radius 1 is 0.480 bits per heavy atom. The maximum Gasteiger partial charge on any atom is 0.0765 e. The molecule has 0 saturated heterocycles. The Hall–Kier alpha value is -2.09. The minimum atomic E-state index is 1.16. The van der Waals surface area contributed by atoms with E-state index in [4.69, 9.17) is 4.98 Å². The van der Waals surface area contributed by atoms with Crippen LogP contribution in [0, 0.1) is 55.4 Å². The number of rotatable bonds is 1. The average molecular weight is 335 g/mol. The van der Waals surface area contributed by atoms with Gasteiger partial charge in [0.05, 0.1) is 16.7 Å². The fraction of sp³-hybridized carbons (Fsp3) is 0.435. The van der Waals surface area contributed by atoms with Crippen molar-refractivity contribution in [2.75, 3.05) is 19.0 Å². The third kappa shape index (κ3) is 2.27. The summed E-state index contributed by atoms with van der Waals surface area (Å²) in [6.45, 7) is 17.8. The molecule has 0 aliphatic heterocycles. The molecule has 1 aromatic heterocycles. The first-order valence-corrected chi connectivity index (χ1v) is 9.07. The Bertz CT molecular complexity index is 962. The van der Waals surface area contributed by atoms with Crippen LogP contribution in [0.15, 0.2) is 0 Å². The fourth-order valence-electron chi connectivity index (χ4n) is 4.13. The van der Waals surface area contributed by atoms with E-state index in [1.54, 1.807) is 0 Å². The number of pyridine rings is 1. The highest BCUT2D eigenvalue weighted by molar-refractivity contribution is 6.12. The second-order valence-corrected chi connectivity index (χ2v) is 7.80. The van der Waals surface area contributed by atoms with Crippen LogP contribution in [0.5, 0.6) is 0 Å². The van der Waals surface area contributed by atoms with Crippen molar-refractivity contribution in [1.82, 2.24) is 4.98 Å². The molecule has 132 valence electrons. The van der Waals surface area contributed by atoms with E-state index in [-0.39, 0.29) is 0 Å². The zero-order chi connectivity index (χ0) is 18.8. The monoisotopic (exact) mass is 334 g/mol. The van der Waals surface area contributed by atoms with Crippen molar-refractivity contribution in [3.05, 3.63) is 44.5 Å². The predicted molar refractivity (Wildman–Crippen MR) is 111 cm³/mol. The van der Waals surface area contributed by atoms with Gasteiger partial charge in [0.15, 0.2) is 0 Å². The van der Waals surface area contributed by atoms with Crippen molar-refractivity contribution in [2.45, 2.75) is 55.4 Å². The van der Waals surface area contributed by atoms with E-state index in [0.29, 0.717) is 0 Å². The van der Waals surface area contributed by atoms with Crippen LogP contribution in [0.1, 0.15) is 44.5 Å². The first-order chi connectivity index (χ1) is 11.6. The van der Waals surface area contributed by atoms with Gasteiger partial charge in [-0.3, -0.25) is 0 Å². The van der Waals surface area contributed by atoms with Crippen LogP contribution in [0.25, 0.3) is 21.8 Å². The normalized spacial score (nSPS) is 11.6. The third-order valence-corrected chi connectivity index (χ3v) is 6.45. The third-order valence-electron chi connectivity index (χ3n) is 6.45. The second-order valence-electron chi connectivity index (χ2n) is 7.80. The van der Waals surface area contributed by atoms with Crippen LogP contribution < -0.4 is 4.90 Å². The van der Waals surface area contributed by atoms with Gasteiger partial charge in [0.2, 0.25) is 0 Å². The summed E-state index contributed by atoms with van der Waals surface area (Å²) in [5.41, 5.74) is 14.4. The van der Waals surface area contributed by atoms with Crippen molar-refractivity contribution in [1.29, 1.82) is 0 Å². The van der Waals surface area contributed by atoms with E-state index in [9.17, 15) is 0 Å². The van der Waals surface area contributed by atoms with E-state index in [1.807, 2.05) is 0 Å². The molecule has 1 heterocycles. The Morgan fingerprint density at radius 2 is 0.800 bits per heavy atom. The summed E-state index contributed by atoms with van der Waals surface area (Å²) in [5, 5.41) is 2.62. The van der Waals surface area contributed by atoms with E-state index in [2.05, 4.69) is 74.4 Å². The van der Waals surface area contributed by atoms with Crippen LogP contribution in [-0.4, -0.2) is 19.1 Å². The Morgan fingerprint density at radius 3 is 1.12 bits per heavy atom. The number of fused-ring (bicyclic) bond motifs is 2. The fourth-order valence-corrected chi connectivity index (χ4v) is 4.13. The van der Waals surface area contributed by atoms with E-state index in [0.717, 1.165) is 11.0 Å². The summed E-state index contributed by atoms with van der Waals surface area (Å²) in [6, 6.07) is 0. The Balaban J connectivity index is 2.79. The lowest BCUT2D eigenvalue weighted by Crippen LogP contribution is -2.13. The Kier molecular flexibility index (Phi) is 4.06. The molecule has 0 aliphatic carbocycles. The number of hydrogen-bond acceptors (Lipinski definition) is 2. The van der Waals surface area contributed by atoms with Gasteiger partial charge in [-0.2, -0.15) is 0 Å².